The maximum Gasteiger partial charge on any atom is 0.255 e. The van der Waals surface area contributed by atoms with Gasteiger partial charge in [-0.25, -0.2) is 0 Å². The average Bonchev–Trinajstić information content (AvgIpc) is 3.23. The first kappa shape index (κ1) is 19.5. The zero-order valence-electron chi connectivity index (χ0n) is 15.3. The predicted molar refractivity (Wildman–Crippen MR) is 101 cm³/mol. The number of thiophene rings is 1. The Morgan fingerprint density at radius 2 is 1.96 bits per heavy atom. The molecule has 27 heavy (non-hydrogen) atoms. The van der Waals surface area contributed by atoms with Gasteiger partial charge in [0.15, 0.2) is 10.4 Å². The summed E-state index contributed by atoms with van der Waals surface area (Å²) in [7, 11) is -3.47. The topological polar surface area (TPSA) is 82.1 Å². The molecule has 1 aromatic rings. The molecular weight excluding hydrogens is 388 g/mol. The maximum atomic E-state index is 13.2. The monoisotopic (exact) mass is 414 g/mol. The molecule has 3 aliphatic heterocycles. The molecule has 4 rings (SSSR count). The number of ether oxygens (including phenoxy) is 2. The van der Waals surface area contributed by atoms with Crippen molar-refractivity contribution >= 4 is 27.6 Å². The number of hydrogen-bond donors (Lipinski definition) is 0. The van der Waals surface area contributed by atoms with Crippen LogP contribution in [0.15, 0.2) is 21.7 Å². The van der Waals surface area contributed by atoms with E-state index in [2.05, 4.69) is 0 Å². The number of carbonyl (C=O) groups excluding carboxylic acids is 1. The van der Waals surface area contributed by atoms with Gasteiger partial charge in [0.1, 0.15) is 5.60 Å². The van der Waals surface area contributed by atoms with Crippen LogP contribution in [0.5, 0.6) is 0 Å². The fourth-order valence-corrected chi connectivity index (χ4v) is 6.79. The lowest BCUT2D eigenvalue weighted by molar-refractivity contribution is -0.179. The van der Waals surface area contributed by atoms with Crippen molar-refractivity contribution in [3.63, 3.8) is 0 Å². The minimum Gasteiger partial charge on any atom is -0.592 e. The van der Waals surface area contributed by atoms with Crippen molar-refractivity contribution in [3.8, 4) is 0 Å². The van der Waals surface area contributed by atoms with Crippen molar-refractivity contribution in [2.75, 3.05) is 46.0 Å². The van der Waals surface area contributed by atoms with Crippen molar-refractivity contribution in [2.24, 2.45) is 5.92 Å². The standard InChI is InChI=1S/C18H26N2O5S2/c21-17-18(25-12-9-19(17)14-15-3-10-24-11-4-15)5-7-20(8-6-18)27(22,23)16-2-1-13-26-16/h1-2,13,15H,3-12,14H2. The second-order valence-electron chi connectivity index (χ2n) is 7.49. The molecule has 0 bridgehead atoms. The molecule has 4 heterocycles. The molecule has 0 aliphatic carbocycles. The number of carbonyl (C=O) groups is 1. The van der Waals surface area contributed by atoms with E-state index >= 15 is 0 Å². The van der Waals surface area contributed by atoms with Crippen LogP contribution >= 0.6 is 11.3 Å². The Balaban J connectivity index is 1.40. The summed E-state index contributed by atoms with van der Waals surface area (Å²) in [5.74, 6) is 0.519. The van der Waals surface area contributed by atoms with Gasteiger partial charge in [-0.05, 0) is 30.2 Å². The highest BCUT2D eigenvalue weighted by Gasteiger charge is 2.50. The van der Waals surface area contributed by atoms with E-state index < -0.39 is 16.0 Å². The zero-order valence-corrected chi connectivity index (χ0v) is 17.0. The fraction of sp³-hybridized carbons (Fsp3) is 0.722. The molecular formula is C18H26N2O5S2. The van der Waals surface area contributed by atoms with Gasteiger partial charge in [-0.3, -0.25) is 4.79 Å². The number of nitrogens with zero attached hydrogens (tertiary/aromatic N) is 2. The lowest BCUT2D eigenvalue weighted by atomic mass is 9.88. The van der Waals surface area contributed by atoms with E-state index in [1.807, 2.05) is 4.90 Å². The van der Waals surface area contributed by atoms with E-state index in [-0.39, 0.29) is 5.91 Å². The highest BCUT2D eigenvalue weighted by Crippen LogP contribution is 2.36. The molecule has 1 amide bonds. The third-order valence-electron chi connectivity index (χ3n) is 5.86. The highest BCUT2D eigenvalue weighted by atomic mass is 32.3. The highest BCUT2D eigenvalue weighted by molar-refractivity contribution is 7.97. The molecule has 1 atom stereocenters. The second kappa shape index (κ2) is 7.88. The van der Waals surface area contributed by atoms with Gasteiger partial charge in [0, 0.05) is 58.3 Å². The van der Waals surface area contributed by atoms with E-state index in [0.717, 1.165) is 32.6 Å². The van der Waals surface area contributed by atoms with Gasteiger partial charge in [0.25, 0.3) is 5.91 Å². The minimum absolute atomic E-state index is 0.0356. The first-order chi connectivity index (χ1) is 13.0. The molecule has 0 radical (unpaired) electrons. The number of piperidine rings is 1. The third kappa shape index (κ3) is 3.86. The molecule has 3 aliphatic rings. The summed E-state index contributed by atoms with van der Waals surface area (Å²) >= 11 is 1.22. The van der Waals surface area contributed by atoms with Gasteiger partial charge >= 0.3 is 0 Å². The van der Waals surface area contributed by atoms with Gasteiger partial charge in [0.2, 0.25) is 4.21 Å². The summed E-state index contributed by atoms with van der Waals surface area (Å²) in [6.07, 6.45) is 2.82. The van der Waals surface area contributed by atoms with E-state index in [1.54, 1.807) is 17.5 Å². The van der Waals surface area contributed by atoms with E-state index in [4.69, 9.17) is 9.47 Å². The third-order valence-corrected chi connectivity index (χ3v) is 9.13. The molecule has 7 nitrogen and oxygen atoms in total. The van der Waals surface area contributed by atoms with Crippen molar-refractivity contribution < 1.29 is 23.0 Å². The van der Waals surface area contributed by atoms with Crippen LogP contribution in [-0.2, 0) is 28.9 Å². The van der Waals surface area contributed by atoms with Crippen molar-refractivity contribution in [1.82, 2.24) is 9.21 Å². The van der Waals surface area contributed by atoms with E-state index in [9.17, 15) is 13.6 Å². The molecule has 1 spiro atoms. The quantitative estimate of drug-likeness (QED) is 0.702. The minimum atomic E-state index is -3.47. The Kier molecular flexibility index (Phi) is 5.69. The summed E-state index contributed by atoms with van der Waals surface area (Å²) in [6, 6.07) is 3.37. The second-order valence-corrected chi connectivity index (χ2v) is 10.6. The molecule has 9 heteroatoms. The van der Waals surface area contributed by atoms with E-state index in [0.29, 0.717) is 49.2 Å². The Hall–Kier alpha value is -0.840. The van der Waals surface area contributed by atoms with Crippen LogP contribution < -0.4 is 0 Å². The Bertz CT molecular complexity index is 697. The largest absolute Gasteiger partial charge is 0.592 e. The molecule has 1 unspecified atom stereocenters. The number of hydrogen-bond acceptors (Lipinski definition) is 6. The van der Waals surface area contributed by atoms with Crippen molar-refractivity contribution in [1.29, 1.82) is 0 Å². The number of amides is 1. The average molecular weight is 415 g/mol. The first-order valence-electron chi connectivity index (χ1n) is 9.56. The summed E-state index contributed by atoms with van der Waals surface area (Å²) < 4.78 is 38.6. The van der Waals surface area contributed by atoms with Crippen LogP contribution in [0.4, 0.5) is 0 Å². The van der Waals surface area contributed by atoms with Crippen LogP contribution in [0.1, 0.15) is 25.7 Å². The summed E-state index contributed by atoms with van der Waals surface area (Å²) in [6.45, 7) is 4.06. The molecule has 0 N–H and O–H groups in total. The van der Waals surface area contributed by atoms with Gasteiger partial charge in [0.05, 0.1) is 6.61 Å². The molecule has 0 saturated carbocycles. The SMILES string of the molecule is O=C1N(CC2CCOCC2)CCOC12CCN([S+](=O)([O-])c1cccs1)CC2. The normalized spacial score (nSPS) is 27.0. The molecule has 0 aromatic carbocycles. The Labute approximate surface area is 165 Å². The van der Waals surface area contributed by atoms with Crippen molar-refractivity contribution in [3.05, 3.63) is 17.5 Å². The van der Waals surface area contributed by atoms with Crippen LogP contribution in [0.2, 0.25) is 0 Å². The maximum absolute atomic E-state index is 13.2. The smallest absolute Gasteiger partial charge is 0.255 e. The number of rotatable bonds is 4. The van der Waals surface area contributed by atoms with Crippen molar-refractivity contribution in [2.45, 2.75) is 35.5 Å². The van der Waals surface area contributed by atoms with Gasteiger partial charge in [-0.2, -0.15) is 0 Å². The fourth-order valence-electron chi connectivity index (χ4n) is 4.20. The number of sulfonamides is 1. The summed E-state index contributed by atoms with van der Waals surface area (Å²) in [5, 5.41) is 1.76. The predicted octanol–water partition coefficient (Wildman–Crippen LogP) is 1.77. The van der Waals surface area contributed by atoms with Crippen LogP contribution in [-0.4, -0.2) is 71.3 Å². The Morgan fingerprint density at radius 3 is 2.63 bits per heavy atom. The molecule has 1 aromatic heterocycles. The first-order valence-corrected chi connectivity index (χ1v) is 11.9. The Morgan fingerprint density at radius 1 is 1.22 bits per heavy atom. The molecule has 3 saturated heterocycles. The lowest BCUT2D eigenvalue weighted by Crippen LogP contribution is -2.62. The zero-order chi connectivity index (χ0) is 18.9. The van der Waals surface area contributed by atoms with Gasteiger partial charge < -0.3 is 18.9 Å². The van der Waals surface area contributed by atoms with Gasteiger partial charge in [-0.15, -0.1) is 4.31 Å². The molecule has 3 fully saturated rings. The van der Waals surface area contributed by atoms with Gasteiger partial charge in [-0.1, -0.05) is 15.5 Å². The van der Waals surface area contributed by atoms with Crippen LogP contribution in [0.3, 0.4) is 0 Å². The van der Waals surface area contributed by atoms with Crippen LogP contribution in [0.25, 0.3) is 0 Å². The molecule has 150 valence electrons. The summed E-state index contributed by atoms with van der Waals surface area (Å²) in [5.41, 5.74) is -0.856. The van der Waals surface area contributed by atoms with Crippen LogP contribution in [0, 0.1) is 5.92 Å². The summed E-state index contributed by atoms with van der Waals surface area (Å²) in [4.78, 5) is 15.1. The lowest BCUT2D eigenvalue weighted by Gasteiger charge is -2.46. The van der Waals surface area contributed by atoms with E-state index in [1.165, 1.54) is 15.6 Å². The number of morpholine rings is 1.